The lowest BCUT2D eigenvalue weighted by atomic mass is 10.2. The van der Waals surface area contributed by atoms with Gasteiger partial charge in [0, 0.05) is 17.1 Å². The second kappa shape index (κ2) is 5.20. The van der Waals surface area contributed by atoms with Crippen molar-refractivity contribution in [2.24, 2.45) is 0 Å². The van der Waals surface area contributed by atoms with Crippen LogP contribution in [-0.2, 0) is 5.75 Å². The monoisotopic (exact) mass is 288 g/mol. The zero-order chi connectivity index (χ0) is 14.1. The number of rotatable bonds is 3. The van der Waals surface area contributed by atoms with Gasteiger partial charge in [0.15, 0.2) is 0 Å². The van der Waals surface area contributed by atoms with Crippen molar-refractivity contribution in [1.29, 1.82) is 0 Å². The average molecular weight is 288 g/mol. The van der Waals surface area contributed by atoms with Gasteiger partial charge in [-0.3, -0.25) is 0 Å². The number of benzene rings is 1. The van der Waals surface area contributed by atoms with Crippen molar-refractivity contribution in [2.45, 2.75) is 24.8 Å². The molecule has 0 saturated carbocycles. The van der Waals surface area contributed by atoms with Crippen LogP contribution in [0.15, 0.2) is 35.5 Å². The van der Waals surface area contributed by atoms with Gasteiger partial charge in [-0.05, 0) is 37.6 Å². The van der Waals surface area contributed by atoms with Crippen LogP contribution in [0.2, 0.25) is 0 Å². The Kier molecular flexibility index (Phi) is 3.40. The first-order valence-corrected chi connectivity index (χ1v) is 7.18. The van der Waals surface area contributed by atoms with E-state index in [1.807, 2.05) is 19.9 Å². The summed E-state index contributed by atoms with van der Waals surface area (Å²) in [6, 6.07) is 8.43. The van der Waals surface area contributed by atoms with E-state index in [1.165, 1.54) is 23.9 Å². The fourth-order valence-corrected chi connectivity index (χ4v) is 2.71. The molecule has 0 atom stereocenters. The molecule has 4 nitrogen and oxygen atoms in total. The predicted octanol–water partition coefficient (Wildman–Crippen LogP) is 3.17. The Labute approximate surface area is 120 Å². The lowest BCUT2D eigenvalue weighted by Gasteiger charge is -1.98. The van der Waals surface area contributed by atoms with Crippen molar-refractivity contribution >= 4 is 17.5 Å². The first-order chi connectivity index (χ1) is 9.61. The molecule has 0 aliphatic rings. The molecule has 0 aliphatic carbocycles. The third-order valence-corrected chi connectivity index (χ3v) is 3.79. The number of hydrogen-bond donors (Lipinski definition) is 0. The fourth-order valence-electron chi connectivity index (χ4n) is 1.94. The van der Waals surface area contributed by atoms with Gasteiger partial charge in [-0.25, -0.2) is 13.9 Å². The molecule has 0 fully saturated rings. The highest BCUT2D eigenvalue weighted by Crippen LogP contribution is 2.20. The van der Waals surface area contributed by atoms with Crippen LogP contribution in [0.3, 0.4) is 0 Å². The van der Waals surface area contributed by atoms with Gasteiger partial charge in [-0.15, -0.1) is 5.10 Å². The van der Waals surface area contributed by atoms with Crippen LogP contribution < -0.4 is 0 Å². The largest absolute Gasteiger partial charge is 0.253 e. The van der Waals surface area contributed by atoms with Gasteiger partial charge in [0.25, 0.3) is 5.78 Å². The predicted molar refractivity (Wildman–Crippen MR) is 76.2 cm³/mol. The highest BCUT2D eigenvalue weighted by Gasteiger charge is 2.08. The van der Waals surface area contributed by atoms with Gasteiger partial charge in [0.1, 0.15) is 5.82 Å². The maximum atomic E-state index is 12.8. The minimum Gasteiger partial charge on any atom is -0.216 e. The average Bonchev–Trinajstić information content (AvgIpc) is 2.81. The van der Waals surface area contributed by atoms with Gasteiger partial charge in [0.05, 0.1) is 0 Å². The summed E-state index contributed by atoms with van der Waals surface area (Å²) < 4.78 is 14.6. The molecule has 0 radical (unpaired) electrons. The summed E-state index contributed by atoms with van der Waals surface area (Å²) >= 11 is 1.51. The Balaban J connectivity index is 1.81. The zero-order valence-electron chi connectivity index (χ0n) is 11.2. The molecule has 3 aromatic rings. The molecule has 102 valence electrons. The molecule has 0 bridgehead atoms. The van der Waals surface area contributed by atoms with E-state index < -0.39 is 0 Å². The Hall–Kier alpha value is -1.95. The topological polar surface area (TPSA) is 43.1 Å². The molecule has 0 N–H and O–H groups in total. The first kappa shape index (κ1) is 13.1. The second-order valence-corrected chi connectivity index (χ2v) is 5.50. The van der Waals surface area contributed by atoms with Gasteiger partial charge in [-0.2, -0.15) is 4.98 Å². The third kappa shape index (κ3) is 2.65. The highest BCUT2D eigenvalue weighted by atomic mass is 32.2. The molecule has 0 unspecified atom stereocenters. The SMILES string of the molecule is Cc1cc(C)n2nc(SCc3ccc(F)cc3)nc2n1. The number of nitrogens with zero attached hydrogens (tertiary/aromatic N) is 4. The molecule has 0 amide bonds. The zero-order valence-corrected chi connectivity index (χ0v) is 12.0. The number of aryl methyl sites for hydroxylation is 2. The summed E-state index contributed by atoms with van der Waals surface area (Å²) in [5.41, 5.74) is 2.97. The quantitative estimate of drug-likeness (QED) is 0.694. The van der Waals surface area contributed by atoms with Gasteiger partial charge in [-0.1, -0.05) is 23.9 Å². The standard InChI is InChI=1S/C14H13FN4S/c1-9-7-10(2)19-13(16-9)17-14(18-19)20-8-11-3-5-12(15)6-4-11/h3-7H,8H2,1-2H3. The van der Waals surface area contributed by atoms with E-state index in [1.54, 1.807) is 16.6 Å². The summed E-state index contributed by atoms with van der Waals surface area (Å²) in [4.78, 5) is 8.75. The van der Waals surface area contributed by atoms with Gasteiger partial charge >= 0.3 is 0 Å². The third-order valence-electron chi connectivity index (χ3n) is 2.88. The van der Waals surface area contributed by atoms with Crippen LogP contribution in [0.25, 0.3) is 5.78 Å². The molecule has 0 saturated heterocycles. The molecule has 20 heavy (non-hydrogen) atoms. The summed E-state index contributed by atoms with van der Waals surface area (Å²) in [6.07, 6.45) is 0. The van der Waals surface area contributed by atoms with Crippen LogP contribution >= 0.6 is 11.8 Å². The minimum atomic E-state index is -0.222. The van der Waals surface area contributed by atoms with E-state index in [4.69, 9.17) is 0 Å². The van der Waals surface area contributed by atoms with E-state index in [-0.39, 0.29) is 5.82 Å². The second-order valence-electron chi connectivity index (χ2n) is 4.56. The van der Waals surface area contributed by atoms with Crippen LogP contribution in [-0.4, -0.2) is 19.6 Å². The molecular formula is C14H13FN4S. The van der Waals surface area contributed by atoms with Crippen LogP contribution in [0.1, 0.15) is 17.0 Å². The Morgan fingerprint density at radius 1 is 1.15 bits per heavy atom. The van der Waals surface area contributed by atoms with Gasteiger partial charge in [0.2, 0.25) is 5.16 Å². The van der Waals surface area contributed by atoms with E-state index in [9.17, 15) is 4.39 Å². The number of fused-ring (bicyclic) bond motifs is 1. The van der Waals surface area contributed by atoms with E-state index in [0.717, 1.165) is 17.0 Å². The molecule has 0 spiro atoms. The Bertz CT molecular complexity index is 752. The lowest BCUT2D eigenvalue weighted by Crippen LogP contribution is -1.97. The van der Waals surface area contributed by atoms with Crippen LogP contribution in [0.5, 0.6) is 0 Å². The van der Waals surface area contributed by atoms with Crippen LogP contribution in [0, 0.1) is 19.7 Å². The Morgan fingerprint density at radius 3 is 2.65 bits per heavy atom. The molecule has 0 aliphatic heterocycles. The molecule has 6 heteroatoms. The summed E-state index contributed by atoms with van der Waals surface area (Å²) in [5.74, 6) is 1.10. The van der Waals surface area contributed by atoms with Gasteiger partial charge < -0.3 is 0 Å². The number of aromatic nitrogens is 4. The Morgan fingerprint density at radius 2 is 1.90 bits per heavy atom. The molecule has 3 rings (SSSR count). The lowest BCUT2D eigenvalue weighted by molar-refractivity contribution is 0.627. The number of halogens is 1. The summed E-state index contributed by atoms with van der Waals surface area (Å²) in [6.45, 7) is 3.91. The fraction of sp³-hybridized carbons (Fsp3) is 0.214. The van der Waals surface area contributed by atoms with Crippen LogP contribution in [0.4, 0.5) is 4.39 Å². The maximum absolute atomic E-state index is 12.8. The highest BCUT2D eigenvalue weighted by molar-refractivity contribution is 7.98. The molecule has 2 heterocycles. The van der Waals surface area contributed by atoms with E-state index in [2.05, 4.69) is 15.1 Å². The van der Waals surface area contributed by atoms with Crippen molar-refractivity contribution in [2.75, 3.05) is 0 Å². The van der Waals surface area contributed by atoms with Crippen molar-refractivity contribution in [1.82, 2.24) is 19.6 Å². The van der Waals surface area contributed by atoms with Crippen molar-refractivity contribution < 1.29 is 4.39 Å². The number of hydrogen-bond acceptors (Lipinski definition) is 4. The van der Waals surface area contributed by atoms with Crippen molar-refractivity contribution in [3.05, 3.63) is 53.1 Å². The van der Waals surface area contributed by atoms with Crippen molar-refractivity contribution in [3.63, 3.8) is 0 Å². The minimum absolute atomic E-state index is 0.222. The molecule has 2 aromatic heterocycles. The first-order valence-electron chi connectivity index (χ1n) is 6.20. The molecule has 1 aromatic carbocycles. The summed E-state index contributed by atoms with van der Waals surface area (Å²) in [5, 5.41) is 5.09. The van der Waals surface area contributed by atoms with E-state index >= 15 is 0 Å². The van der Waals surface area contributed by atoms with Crippen molar-refractivity contribution in [3.8, 4) is 0 Å². The maximum Gasteiger partial charge on any atom is 0.253 e. The van der Waals surface area contributed by atoms with E-state index in [0.29, 0.717) is 16.7 Å². The smallest absolute Gasteiger partial charge is 0.216 e. The molecular weight excluding hydrogens is 275 g/mol. The normalized spacial score (nSPS) is 11.2. The number of thioether (sulfide) groups is 1. The summed E-state index contributed by atoms with van der Waals surface area (Å²) in [7, 11) is 0.